The first-order valence-corrected chi connectivity index (χ1v) is 4.96. The maximum absolute atomic E-state index is 10.5. The van der Waals surface area contributed by atoms with E-state index in [2.05, 4.69) is 19.9 Å². The highest BCUT2D eigenvalue weighted by Gasteiger charge is 2.09. The third kappa shape index (κ3) is 6.38. The summed E-state index contributed by atoms with van der Waals surface area (Å²) >= 11 is 0. The molecule has 0 spiro atoms. The molecule has 0 aliphatic heterocycles. The predicted molar refractivity (Wildman–Crippen MR) is 54.7 cm³/mol. The zero-order chi connectivity index (χ0) is 10.3. The number of allylic oxidation sites excluding steroid dienone is 2. The molecule has 0 saturated carbocycles. The number of hydrogen-bond acceptors (Lipinski definition) is 1. The van der Waals surface area contributed by atoms with Crippen molar-refractivity contribution in [2.45, 2.75) is 46.5 Å². The molecule has 0 saturated heterocycles. The highest BCUT2D eigenvalue weighted by molar-refractivity contribution is 5.69. The van der Waals surface area contributed by atoms with Crippen LogP contribution in [0.15, 0.2) is 11.6 Å². The lowest BCUT2D eigenvalue weighted by Gasteiger charge is -2.05. The van der Waals surface area contributed by atoms with E-state index in [0.29, 0.717) is 0 Å². The van der Waals surface area contributed by atoms with E-state index in [-0.39, 0.29) is 5.92 Å². The van der Waals surface area contributed by atoms with Gasteiger partial charge in [-0.1, -0.05) is 25.5 Å². The zero-order valence-corrected chi connectivity index (χ0v) is 8.84. The summed E-state index contributed by atoms with van der Waals surface area (Å²) in [5.41, 5.74) is 1.38. The summed E-state index contributed by atoms with van der Waals surface area (Å²) < 4.78 is 0. The molecule has 0 aromatic heterocycles. The summed E-state index contributed by atoms with van der Waals surface area (Å²) in [5, 5.41) is 8.64. The molecule has 1 unspecified atom stereocenters. The van der Waals surface area contributed by atoms with Crippen molar-refractivity contribution in [3.05, 3.63) is 11.6 Å². The highest BCUT2D eigenvalue weighted by atomic mass is 16.4. The zero-order valence-electron chi connectivity index (χ0n) is 8.84. The lowest BCUT2D eigenvalue weighted by Crippen LogP contribution is -2.08. The molecule has 2 nitrogen and oxygen atoms in total. The lowest BCUT2D eigenvalue weighted by molar-refractivity contribution is -0.141. The minimum Gasteiger partial charge on any atom is -0.481 e. The van der Waals surface area contributed by atoms with Gasteiger partial charge in [-0.05, 0) is 32.6 Å². The van der Waals surface area contributed by atoms with Gasteiger partial charge in [0.2, 0.25) is 0 Å². The van der Waals surface area contributed by atoms with E-state index >= 15 is 0 Å². The topological polar surface area (TPSA) is 37.3 Å². The fourth-order valence-electron chi connectivity index (χ4n) is 1.26. The molecule has 0 fully saturated rings. The minimum atomic E-state index is -0.683. The maximum atomic E-state index is 10.5. The average molecular weight is 184 g/mol. The van der Waals surface area contributed by atoms with Gasteiger partial charge >= 0.3 is 5.97 Å². The molecule has 0 radical (unpaired) electrons. The Bertz CT molecular complexity index is 183. The van der Waals surface area contributed by atoms with E-state index in [1.54, 1.807) is 6.92 Å². The molecule has 0 amide bonds. The second kappa shape index (κ2) is 6.70. The first-order valence-electron chi connectivity index (χ1n) is 4.96. The van der Waals surface area contributed by atoms with Crippen LogP contribution < -0.4 is 0 Å². The van der Waals surface area contributed by atoms with Crippen molar-refractivity contribution in [1.82, 2.24) is 0 Å². The van der Waals surface area contributed by atoms with Gasteiger partial charge in [0.25, 0.3) is 0 Å². The Morgan fingerprint density at radius 2 is 2.15 bits per heavy atom. The van der Waals surface area contributed by atoms with Crippen molar-refractivity contribution in [3.8, 4) is 0 Å². The number of carboxylic acid groups (broad SMARTS) is 1. The molecular weight excluding hydrogens is 164 g/mol. The van der Waals surface area contributed by atoms with Crippen LogP contribution in [0.25, 0.3) is 0 Å². The number of carboxylic acids is 1. The lowest BCUT2D eigenvalue weighted by atomic mass is 10.0. The number of aliphatic carboxylic acids is 1. The van der Waals surface area contributed by atoms with E-state index in [0.717, 1.165) is 25.7 Å². The molecule has 0 rings (SSSR count). The van der Waals surface area contributed by atoms with Crippen molar-refractivity contribution in [3.63, 3.8) is 0 Å². The van der Waals surface area contributed by atoms with Crippen LogP contribution in [-0.2, 0) is 4.79 Å². The first kappa shape index (κ1) is 12.2. The van der Waals surface area contributed by atoms with Crippen molar-refractivity contribution in [2.24, 2.45) is 5.92 Å². The summed E-state index contributed by atoms with van der Waals surface area (Å²) in [6, 6.07) is 0. The fourth-order valence-corrected chi connectivity index (χ4v) is 1.26. The number of hydrogen-bond donors (Lipinski definition) is 1. The van der Waals surface area contributed by atoms with E-state index in [9.17, 15) is 4.79 Å². The summed E-state index contributed by atoms with van der Waals surface area (Å²) in [7, 11) is 0. The molecular formula is C11H20O2. The Labute approximate surface area is 80.7 Å². The Morgan fingerprint density at radius 1 is 1.54 bits per heavy atom. The van der Waals surface area contributed by atoms with Gasteiger partial charge in [0, 0.05) is 0 Å². The molecule has 0 aliphatic rings. The first-order chi connectivity index (χ1) is 6.07. The van der Waals surface area contributed by atoms with Crippen LogP contribution in [0.5, 0.6) is 0 Å². The van der Waals surface area contributed by atoms with E-state index in [4.69, 9.17) is 5.11 Å². The third-order valence-electron chi connectivity index (χ3n) is 2.18. The summed E-state index contributed by atoms with van der Waals surface area (Å²) in [4.78, 5) is 10.5. The summed E-state index contributed by atoms with van der Waals surface area (Å²) in [6.07, 6.45) is 6.07. The molecule has 76 valence electrons. The Kier molecular flexibility index (Phi) is 6.29. The van der Waals surface area contributed by atoms with Gasteiger partial charge in [-0.2, -0.15) is 0 Å². The van der Waals surface area contributed by atoms with Crippen molar-refractivity contribution >= 4 is 5.97 Å². The average Bonchev–Trinajstić information content (AvgIpc) is 2.04. The fraction of sp³-hybridized carbons (Fsp3) is 0.727. The molecule has 0 aromatic rings. The van der Waals surface area contributed by atoms with Crippen molar-refractivity contribution in [1.29, 1.82) is 0 Å². The molecule has 0 aliphatic carbocycles. The van der Waals surface area contributed by atoms with Crippen LogP contribution in [-0.4, -0.2) is 11.1 Å². The van der Waals surface area contributed by atoms with Crippen molar-refractivity contribution < 1.29 is 9.90 Å². The van der Waals surface area contributed by atoms with E-state index < -0.39 is 5.97 Å². The van der Waals surface area contributed by atoms with E-state index in [1.165, 1.54) is 5.57 Å². The summed E-state index contributed by atoms with van der Waals surface area (Å²) in [6.45, 7) is 5.99. The second-order valence-corrected chi connectivity index (χ2v) is 3.59. The van der Waals surface area contributed by atoms with Gasteiger partial charge in [0.05, 0.1) is 5.92 Å². The van der Waals surface area contributed by atoms with E-state index in [1.807, 2.05) is 0 Å². The predicted octanol–water partition coefficient (Wildman–Crippen LogP) is 3.23. The molecule has 0 heterocycles. The van der Waals surface area contributed by atoms with Crippen molar-refractivity contribution in [2.75, 3.05) is 0 Å². The molecule has 0 aromatic carbocycles. The van der Waals surface area contributed by atoms with Crippen LogP contribution >= 0.6 is 0 Å². The molecule has 1 atom stereocenters. The Balaban J connectivity index is 3.56. The van der Waals surface area contributed by atoms with Gasteiger partial charge in [-0.15, -0.1) is 0 Å². The number of rotatable bonds is 6. The molecule has 2 heteroatoms. The molecule has 1 N–H and O–H groups in total. The second-order valence-electron chi connectivity index (χ2n) is 3.59. The molecule has 0 bridgehead atoms. The van der Waals surface area contributed by atoms with Crippen LogP contribution in [0.4, 0.5) is 0 Å². The SMILES string of the molecule is CCC=C(C)CCCC(C)C(=O)O. The van der Waals surface area contributed by atoms with Gasteiger partial charge in [0.1, 0.15) is 0 Å². The smallest absolute Gasteiger partial charge is 0.306 e. The largest absolute Gasteiger partial charge is 0.481 e. The Morgan fingerprint density at radius 3 is 2.62 bits per heavy atom. The third-order valence-corrected chi connectivity index (χ3v) is 2.18. The quantitative estimate of drug-likeness (QED) is 0.643. The Hall–Kier alpha value is -0.790. The number of carbonyl (C=O) groups is 1. The summed E-state index contributed by atoms with van der Waals surface area (Å²) in [5.74, 6) is -0.883. The van der Waals surface area contributed by atoms with Gasteiger partial charge < -0.3 is 5.11 Å². The highest BCUT2D eigenvalue weighted by Crippen LogP contribution is 2.12. The van der Waals surface area contributed by atoms with Gasteiger partial charge in [-0.3, -0.25) is 4.79 Å². The monoisotopic (exact) mass is 184 g/mol. The standard InChI is InChI=1S/C11H20O2/c1-4-6-9(2)7-5-8-10(3)11(12)13/h6,10H,4-5,7-8H2,1-3H3,(H,12,13). The van der Waals surface area contributed by atoms with Gasteiger partial charge in [0.15, 0.2) is 0 Å². The van der Waals surface area contributed by atoms with Gasteiger partial charge in [-0.25, -0.2) is 0 Å². The minimum absolute atomic E-state index is 0.200. The van der Waals surface area contributed by atoms with Crippen LogP contribution in [0.1, 0.15) is 46.5 Å². The van der Waals surface area contributed by atoms with Crippen LogP contribution in [0, 0.1) is 5.92 Å². The maximum Gasteiger partial charge on any atom is 0.306 e. The van der Waals surface area contributed by atoms with Crippen LogP contribution in [0.2, 0.25) is 0 Å². The normalized spacial score (nSPS) is 14.2. The molecule has 13 heavy (non-hydrogen) atoms. The van der Waals surface area contributed by atoms with Crippen LogP contribution in [0.3, 0.4) is 0 Å².